The molecule has 5 nitrogen and oxygen atoms in total. The SMILES string of the molecule is N#Cc1ccc2c(c1)c1cc(-c3cccc(-c4cc5ccc6cc(-c7cccnc7)cc7ccc(c4)c5c67)c3)ccc1n2-c1ccccc1.N#Cc1ccc2sc3ccc(-c4ccc(-c5cc6ccc7cc(-c8cccc(-c9ccccc9)n8)cc8ccc(c5)c6c78)cc4)cc3c2c1. The van der Waals surface area contributed by atoms with Crippen molar-refractivity contribution in [2.24, 2.45) is 0 Å². The Kier molecular flexibility index (Phi) is 13.2. The summed E-state index contributed by atoms with van der Waals surface area (Å²) in [4.78, 5) is 9.38. The van der Waals surface area contributed by atoms with Gasteiger partial charge in [-0.25, -0.2) is 4.98 Å². The molecule has 6 heteroatoms. The first kappa shape index (κ1) is 56.4. The molecule has 4 aromatic heterocycles. The number of pyridine rings is 2. The van der Waals surface area contributed by atoms with E-state index in [1.54, 1.807) is 11.3 Å². The Balaban J connectivity index is 0.000000137. The Bertz CT molecular complexity index is 6540. The van der Waals surface area contributed by atoms with Crippen LogP contribution in [0, 0.1) is 22.7 Å². The fourth-order valence-corrected chi connectivity index (χ4v) is 16.2. The van der Waals surface area contributed by atoms with Gasteiger partial charge in [0.05, 0.1) is 45.7 Å². The molecule has 0 spiro atoms. The highest BCUT2D eigenvalue weighted by Gasteiger charge is 2.19. The maximum atomic E-state index is 9.71. The Morgan fingerprint density at radius 3 is 1.23 bits per heavy atom. The minimum absolute atomic E-state index is 0.662. The third kappa shape index (κ3) is 9.58. The summed E-state index contributed by atoms with van der Waals surface area (Å²) in [7, 11) is 0. The van der Waals surface area contributed by atoms with Gasteiger partial charge in [0.15, 0.2) is 0 Å². The van der Waals surface area contributed by atoms with E-state index in [1.807, 2.05) is 54.9 Å². The second-order valence-corrected chi connectivity index (χ2v) is 26.6. The second-order valence-electron chi connectivity index (χ2n) is 25.5. The molecule has 0 aliphatic rings. The number of nitriles is 2. The van der Waals surface area contributed by atoms with Crippen LogP contribution in [-0.2, 0) is 0 Å². The molecular formula is C92H53N5S. The molecule has 4 heterocycles. The summed E-state index contributed by atoms with van der Waals surface area (Å²) < 4.78 is 4.74. The van der Waals surface area contributed by atoms with E-state index < -0.39 is 0 Å². The van der Waals surface area contributed by atoms with Crippen LogP contribution in [-0.4, -0.2) is 14.5 Å². The van der Waals surface area contributed by atoms with E-state index in [-0.39, 0.29) is 0 Å². The molecule has 0 fully saturated rings. The van der Waals surface area contributed by atoms with Crippen molar-refractivity contribution in [1.82, 2.24) is 14.5 Å². The van der Waals surface area contributed by atoms with Gasteiger partial charge in [-0.05, 0) is 260 Å². The van der Waals surface area contributed by atoms with Crippen LogP contribution in [0.3, 0.4) is 0 Å². The number of nitrogens with zero attached hydrogens (tertiary/aromatic N) is 5. The normalized spacial score (nSPS) is 11.7. The zero-order valence-electron chi connectivity index (χ0n) is 52.7. The maximum Gasteiger partial charge on any atom is 0.0991 e. The predicted molar refractivity (Wildman–Crippen MR) is 411 cm³/mol. The van der Waals surface area contributed by atoms with E-state index in [2.05, 4.69) is 289 Å². The first-order valence-electron chi connectivity index (χ1n) is 32.9. The molecule has 0 unspecified atom stereocenters. The van der Waals surface area contributed by atoms with Crippen molar-refractivity contribution in [3.05, 3.63) is 333 Å². The average Bonchev–Trinajstić information content (AvgIpc) is 1.58. The van der Waals surface area contributed by atoms with Gasteiger partial charge < -0.3 is 4.57 Å². The highest BCUT2D eigenvalue weighted by molar-refractivity contribution is 7.25. The molecule has 452 valence electrons. The lowest BCUT2D eigenvalue weighted by atomic mass is 9.89. The summed E-state index contributed by atoms with van der Waals surface area (Å²) in [5.74, 6) is 0. The maximum absolute atomic E-state index is 9.71. The van der Waals surface area contributed by atoms with Gasteiger partial charge in [-0.3, -0.25) is 4.98 Å². The molecule has 0 aliphatic carbocycles. The van der Waals surface area contributed by atoms with Crippen molar-refractivity contribution in [2.45, 2.75) is 0 Å². The highest BCUT2D eigenvalue weighted by Crippen LogP contribution is 2.44. The topological polar surface area (TPSA) is 78.3 Å². The lowest BCUT2D eigenvalue weighted by Gasteiger charge is -2.15. The van der Waals surface area contributed by atoms with E-state index in [1.165, 1.54) is 118 Å². The third-order valence-electron chi connectivity index (χ3n) is 19.8. The first-order chi connectivity index (χ1) is 48.4. The quantitative estimate of drug-likeness (QED) is 0.142. The van der Waals surface area contributed by atoms with Crippen LogP contribution in [0.25, 0.3) is 190 Å². The molecule has 0 N–H and O–H groups in total. The number of hydrogen-bond donors (Lipinski definition) is 0. The minimum Gasteiger partial charge on any atom is -0.309 e. The van der Waals surface area contributed by atoms with Crippen LogP contribution in [0.15, 0.2) is 322 Å². The zero-order chi connectivity index (χ0) is 65.0. The number of aromatic nitrogens is 3. The Labute approximate surface area is 568 Å². The van der Waals surface area contributed by atoms with Gasteiger partial charge in [-0.1, -0.05) is 164 Å². The molecule has 0 radical (unpaired) electrons. The van der Waals surface area contributed by atoms with E-state index in [0.717, 1.165) is 72.1 Å². The monoisotopic (exact) mass is 1260 g/mol. The lowest BCUT2D eigenvalue weighted by Crippen LogP contribution is -1.93. The second kappa shape index (κ2) is 22.8. The number of rotatable bonds is 8. The summed E-state index contributed by atoms with van der Waals surface area (Å²) in [6.07, 6.45) is 3.75. The van der Waals surface area contributed by atoms with Crippen LogP contribution in [0.5, 0.6) is 0 Å². The van der Waals surface area contributed by atoms with E-state index >= 15 is 0 Å². The number of thiophene rings is 1. The van der Waals surface area contributed by atoms with Gasteiger partial charge in [0.1, 0.15) is 0 Å². The Morgan fingerprint density at radius 1 is 0.276 bits per heavy atom. The van der Waals surface area contributed by atoms with Crippen molar-refractivity contribution >= 4 is 118 Å². The van der Waals surface area contributed by atoms with Gasteiger partial charge in [0, 0.05) is 65.7 Å². The van der Waals surface area contributed by atoms with E-state index in [0.29, 0.717) is 11.1 Å². The molecule has 20 aromatic rings. The number of benzene rings is 16. The van der Waals surface area contributed by atoms with Crippen molar-refractivity contribution in [3.63, 3.8) is 0 Å². The summed E-state index contributed by atoms with van der Waals surface area (Å²) in [6.45, 7) is 0. The largest absolute Gasteiger partial charge is 0.309 e. The van der Waals surface area contributed by atoms with Gasteiger partial charge >= 0.3 is 0 Å². The van der Waals surface area contributed by atoms with Crippen molar-refractivity contribution < 1.29 is 0 Å². The molecule has 0 aliphatic heterocycles. The van der Waals surface area contributed by atoms with Crippen molar-refractivity contribution in [1.29, 1.82) is 10.5 Å². The fraction of sp³-hybridized carbons (Fsp3) is 0. The third-order valence-corrected chi connectivity index (χ3v) is 20.9. The van der Waals surface area contributed by atoms with Crippen molar-refractivity contribution in [2.75, 3.05) is 0 Å². The summed E-state index contributed by atoms with van der Waals surface area (Å²) in [5, 5.41) is 38.9. The Morgan fingerprint density at radius 2 is 0.663 bits per heavy atom. The highest BCUT2D eigenvalue weighted by atomic mass is 32.1. The predicted octanol–water partition coefficient (Wildman–Crippen LogP) is 24.8. The van der Waals surface area contributed by atoms with E-state index in [4.69, 9.17) is 4.98 Å². The van der Waals surface area contributed by atoms with Gasteiger partial charge in [-0.2, -0.15) is 10.5 Å². The lowest BCUT2D eigenvalue weighted by molar-refractivity contribution is 1.18. The Hall–Kier alpha value is -13.1. The molecule has 0 atom stereocenters. The molecule has 16 aromatic carbocycles. The number of para-hydroxylation sites is 1. The summed E-state index contributed by atoms with van der Waals surface area (Å²) >= 11 is 1.77. The van der Waals surface area contributed by atoms with Crippen molar-refractivity contribution in [3.8, 4) is 96.0 Å². The zero-order valence-corrected chi connectivity index (χ0v) is 53.6. The van der Waals surface area contributed by atoms with Crippen LogP contribution in [0.1, 0.15) is 11.1 Å². The first-order valence-corrected chi connectivity index (χ1v) is 33.7. The van der Waals surface area contributed by atoms with Crippen LogP contribution < -0.4 is 0 Å². The smallest absolute Gasteiger partial charge is 0.0991 e. The van der Waals surface area contributed by atoms with Crippen LogP contribution in [0.2, 0.25) is 0 Å². The van der Waals surface area contributed by atoms with Crippen LogP contribution in [0.4, 0.5) is 0 Å². The van der Waals surface area contributed by atoms with E-state index in [9.17, 15) is 10.5 Å². The molecule has 0 saturated carbocycles. The van der Waals surface area contributed by atoms with Gasteiger partial charge in [0.25, 0.3) is 0 Å². The summed E-state index contributed by atoms with van der Waals surface area (Å²) in [6, 6.07) is 115. The summed E-state index contributed by atoms with van der Waals surface area (Å²) in [5.41, 5.74) is 20.6. The van der Waals surface area contributed by atoms with Gasteiger partial charge in [-0.15, -0.1) is 11.3 Å². The average molecular weight is 1260 g/mol. The fourth-order valence-electron chi connectivity index (χ4n) is 15.1. The molecule has 0 saturated heterocycles. The number of hydrogen-bond acceptors (Lipinski definition) is 5. The molecule has 0 bridgehead atoms. The van der Waals surface area contributed by atoms with Crippen LogP contribution >= 0.6 is 11.3 Å². The molecule has 0 amide bonds. The minimum atomic E-state index is 0.662. The van der Waals surface area contributed by atoms with Gasteiger partial charge in [0.2, 0.25) is 0 Å². The molecular weight excluding hydrogens is 1210 g/mol. The molecule has 20 rings (SSSR count). The number of fused-ring (bicyclic) bond motifs is 6. The molecule has 98 heavy (non-hydrogen) atoms. The standard InChI is InChI=1S/C46H27N3.C46H26N2S/c47-27-29-11-17-43-41(20-29)42-26-32(16-18-44(42)49(43)40-9-2-1-3-10-40)30-6-4-7-31(21-30)38-22-33-12-14-35-24-39(37-8-5-19-48-28-37)25-36-15-13-34(23-38)45(33)46(35)36;47-27-28-9-19-43-39(21-28)40-26-32(18-20-44(40)49-43)29-10-12-30(13-11-29)37-22-33-14-16-35-24-38(25-36-17-15-34(23-37)45(33)46(35)36)42-8-4-7-41(48-42)31-5-2-1-3-6-31/h1-26,28H;1-26H.